The van der Waals surface area contributed by atoms with Gasteiger partial charge >= 0.3 is 6.92 Å². The molecule has 0 bridgehead atoms. The molecule has 138 valence electrons. The second-order valence-corrected chi connectivity index (χ2v) is 8.52. The van der Waals surface area contributed by atoms with Gasteiger partial charge in [-0.05, 0) is 42.8 Å². The molecule has 2 heteroatoms. The molecule has 24 heavy (non-hydrogen) atoms. The summed E-state index contributed by atoms with van der Waals surface area (Å²) in [6.07, 6.45) is 19.1. The van der Waals surface area contributed by atoms with Crippen LogP contribution in [-0.4, -0.2) is 14.0 Å². The van der Waals surface area contributed by atoms with Crippen molar-refractivity contribution < 1.29 is 4.65 Å². The van der Waals surface area contributed by atoms with Crippen molar-refractivity contribution in [2.45, 2.75) is 97.7 Å². The minimum atomic E-state index is 0.165. The van der Waals surface area contributed by atoms with Crippen molar-refractivity contribution in [3.8, 4) is 0 Å². The first-order valence-electron chi connectivity index (χ1n) is 10.3. The Kier molecular flexibility index (Phi) is 10.0. The smallest absolute Gasteiger partial charge is 0.328 e. The van der Waals surface area contributed by atoms with Crippen LogP contribution in [0.5, 0.6) is 0 Å². The Bertz CT molecular complexity index is 389. The summed E-state index contributed by atoms with van der Waals surface area (Å²) < 4.78 is 6.06. The topological polar surface area (TPSA) is 9.23 Å². The van der Waals surface area contributed by atoms with Gasteiger partial charge in [0.2, 0.25) is 0 Å². The molecule has 0 aromatic rings. The number of allylic oxidation sites excluding steroid dienone is 4. The average molecular weight is 332 g/mol. The normalized spacial score (nSPS) is 17.4. The zero-order chi connectivity index (χ0) is 18.0. The molecule has 0 heterocycles. The van der Waals surface area contributed by atoms with Gasteiger partial charge in [0, 0.05) is 7.11 Å². The van der Waals surface area contributed by atoms with Gasteiger partial charge in [-0.2, -0.15) is 0 Å². The van der Waals surface area contributed by atoms with E-state index in [4.69, 9.17) is 4.65 Å². The molecule has 0 unspecified atom stereocenters. The predicted octanol–water partition coefficient (Wildman–Crippen LogP) is 7.24. The zero-order valence-corrected chi connectivity index (χ0v) is 17.2. The van der Waals surface area contributed by atoms with Crippen LogP contribution in [0, 0.1) is 11.8 Å². The molecule has 0 spiro atoms. The minimum absolute atomic E-state index is 0.165. The van der Waals surface area contributed by atoms with Gasteiger partial charge in [0.15, 0.2) is 0 Å². The van der Waals surface area contributed by atoms with Crippen molar-refractivity contribution >= 4 is 6.92 Å². The Morgan fingerprint density at radius 2 is 1.83 bits per heavy atom. The van der Waals surface area contributed by atoms with Crippen LogP contribution in [0.15, 0.2) is 23.7 Å². The molecule has 0 saturated heterocycles. The van der Waals surface area contributed by atoms with Crippen LogP contribution in [0.25, 0.3) is 0 Å². The molecule has 1 fully saturated rings. The number of hydrogen-bond acceptors (Lipinski definition) is 1. The fraction of sp³-hybridized carbons (Fsp3) is 0.818. The number of unbranched alkanes of at least 4 members (excludes halogenated alkanes) is 4. The maximum absolute atomic E-state index is 6.06. The summed E-state index contributed by atoms with van der Waals surface area (Å²) in [6, 6.07) is 0. The van der Waals surface area contributed by atoms with Gasteiger partial charge in [0.05, 0.1) is 0 Å². The van der Waals surface area contributed by atoms with E-state index in [-0.39, 0.29) is 12.2 Å². The number of rotatable bonds is 11. The molecule has 1 rings (SSSR count). The molecule has 0 aromatic heterocycles. The van der Waals surface area contributed by atoms with E-state index in [0.29, 0.717) is 5.92 Å². The van der Waals surface area contributed by atoms with E-state index in [1.54, 1.807) is 5.47 Å². The fourth-order valence-electron chi connectivity index (χ4n) is 3.83. The SMILES string of the molecule is CCCCCC/C=C/C=C(\B(OC)C(C)(C)C(C)C)C1CCCC1. The summed E-state index contributed by atoms with van der Waals surface area (Å²) in [7, 11) is 1.89. The standard InChI is InChI=1S/C22H41BO/c1-7-8-9-10-11-12-13-18-21(20-16-14-15-17-20)23(24-6)22(4,5)19(2)3/h12-13,18-20H,7-11,14-17H2,1-6H3/b13-12+,21-18-. The highest BCUT2D eigenvalue weighted by Gasteiger charge is 2.42. The number of hydrogen-bond donors (Lipinski definition) is 0. The van der Waals surface area contributed by atoms with Gasteiger partial charge < -0.3 is 4.65 Å². The lowest BCUT2D eigenvalue weighted by Gasteiger charge is -2.37. The van der Waals surface area contributed by atoms with Gasteiger partial charge in [-0.3, -0.25) is 0 Å². The molecule has 1 nitrogen and oxygen atoms in total. The van der Waals surface area contributed by atoms with Crippen LogP contribution in [-0.2, 0) is 4.65 Å². The van der Waals surface area contributed by atoms with Crippen molar-refractivity contribution in [3.63, 3.8) is 0 Å². The van der Waals surface area contributed by atoms with Crippen molar-refractivity contribution in [1.29, 1.82) is 0 Å². The van der Waals surface area contributed by atoms with Crippen LogP contribution in [0.1, 0.15) is 92.4 Å². The monoisotopic (exact) mass is 332 g/mol. The Labute approximate surface area is 152 Å². The second-order valence-electron chi connectivity index (χ2n) is 8.52. The van der Waals surface area contributed by atoms with Crippen molar-refractivity contribution in [1.82, 2.24) is 0 Å². The summed E-state index contributed by atoms with van der Waals surface area (Å²) in [5.74, 6) is 1.32. The molecule has 0 N–H and O–H groups in total. The van der Waals surface area contributed by atoms with E-state index in [0.717, 1.165) is 5.92 Å². The molecule has 0 aromatic carbocycles. The van der Waals surface area contributed by atoms with Crippen LogP contribution in [0.4, 0.5) is 0 Å². The van der Waals surface area contributed by atoms with Crippen LogP contribution < -0.4 is 0 Å². The third-order valence-corrected chi connectivity index (χ3v) is 6.18. The predicted molar refractivity (Wildman–Crippen MR) is 110 cm³/mol. The largest absolute Gasteiger partial charge is 0.433 e. The molecule has 0 aliphatic heterocycles. The van der Waals surface area contributed by atoms with E-state index in [9.17, 15) is 0 Å². The Morgan fingerprint density at radius 1 is 1.17 bits per heavy atom. The highest BCUT2D eigenvalue weighted by Crippen LogP contribution is 2.44. The summed E-state index contributed by atoms with van der Waals surface area (Å²) in [6.45, 7) is 11.9. The minimum Gasteiger partial charge on any atom is -0.433 e. The first-order valence-corrected chi connectivity index (χ1v) is 10.3. The van der Waals surface area contributed by atoms with Crippen molar-refractivity contribution in [2.75, 3.05) is 7.11 Å². The van der Waals surface area contributed by atoms with E-state index >= 15 is 0 Å². The van der Waals surface area contributed by atoms with Crippen LogP contribution >= 0.6 is 0 Å². The first kappa shape index (κ1) is 21.5. The average Bonchev–Trinajstić information content (AvgIpc) is 3.06. The molecule has 0 amide bonds. The zero-order valence-electron chi connectivity index (χ0n) is 17.2. The molecule has 0 atom stereocenters. The maximum atomic E-state index is 6.06. The van der Waals surface area contributed by atoms with E-state index < -0.39 is 0 Å². The summed E-state index contributed by atoms with van der Waals surface area (Å²) >= 11 is 0. The Hall–Kier alpha value is -0.495. The molecular formula is C22H41BO. The van der Waals surface area contributed by atoms with Gasteiger partial charge in [-0.1, -0.05) is 90.4 Å². The van der Waals surface area contributed by atoms with Gasteiger partial charge in [-0.15, -0.1) is 0 Å². The van der Waals surface area contributed by atoms with E-state index in [1.165, 1.54) is 57.8 Å². The first-order chi connectivity index (χ1) is 11.4. The van der Waals surface area contributed by atoms with Gasteiger partial charge in [0.1, 0.15) is 0 Å². The summed E-state index contributed by atoms with van der Waals surface area (Å²) in [5, 5.41) is 0.165. The van der Waals surface area contributed by atoms with Crippen LogP contribution in [0.2, 0.25) is 5.31 Å². The summed E-state index contributed by atoms with van der Waals surface area (Å²) in [4.78, 5) is 0. The third-order valence-electron chi connectivity index (χ3n) is 6.18. The summed E-state index contributed by atoms with van der Waals surface area (Å²) in [5.41, 5.74) is 1.54. The quantitative estimate of drug-likeness (QED) is 0.220. The Morgan fingerprint density at radius 3 is 2.38 bits per heavy atom. The Balaban J connectivity index is 2.82. The van der Waals surface area contributed by atoms with E-state index in [2.05, 4.69) is 52.8 Å². The molecular weight excluding hydrogens is 291 g/mol. The molecule has 1 saturated carbocycles. The fourth-order valence-corrected chi connectivity index (χ4v) is 3.83. The lowest BCUT2D eigenvalue weighted by Crippen LogP contribution is -2.38. The highest BCUT2D eigenvalue weighted by atomic mass is 16.4. The highest BCUT2D eigenvalue weighted by molar-refractivity contribution is 6.63. The molecule has 1 aliphatic rings. The van der Waals surface area contributed by atoms with Crippen LogP contribution in [0.3, 0.4) is 0 Å². The maximum Gasteiger partial charge on any atom is 0.328 e. The lowest BCUT2D eigenvalue weighted by molar-refractivity contribution is 0.348. The molecule has 1 aliphatic carbocycles. The van der Waals surface area contributed by atoms with Gasteiger partial charge in [-0.25, -0.2) is 0 Å². The molecule has 0 radical (unpaired) electrons. The lowest BCUT2D eigenvalue weighted by atomic mass is 9.37. The second kappa shape index (κ2) is 11.2. The van der Waals surface area contributed by atoms with Gasteiger partial charge in [0.25, 0.3) is 0 Å². The van der Waals surface area contributed by atoms with Crippen molar-refractivity contribution in [3.05, 3.63) is 23.7 Å². The third kappa shape index (κ3) is 6.43. The van der Waals surface area contributed by atoms with Crippen molar-refractivity contribution in [2.24, 2.45) is 11.8 Å². The van der Waals surface area contributed by atoms with E-state index in [1.807, 2.05) is 7.11 Å².